The van der Waals surface area contributed by atoms with Gasteiger partial charge in [0.2, 0.25) is 5.91 Å². The van der Waals surface area contributed by atoms with Crippen molar-refractivity contribution in [2.75, 3.05) is 58.3 Å². The number of carbonyl (C=O) groups is 2. The van der Waals surface area contributed by atoms with Crippen LogP contribution >= 0.6 is 11.6 Å². The monoisotopic (exact) mass is 353 g/mol. The molecule has 0 unspecified atom stereocenters. The summed E-state index contributed by atoms with van der Waals surface area (Å²) in [5, 5.41) is 3.28. The van der Waals surface area contributed by atoms with Crippen LogP contribution in [0.3, 0.4) is 0 Å². The van der Waals surface area contributed by atoms with Crippen LogP contribution in [0.1, 0.15) is 5.56 Å². The largest absolute Gasteiger partial charge is 0.360 e. The van der Waals surface area contributed by atoms with Crippen molar-refractivity contribution < 1.29 is 14.5 Å². The lowest BCUT2D eigenvalue weighted by Crippen LogP contribution is -3.15. The number of quaternary nitrogens is 1. The van der Waals surface area contributed by atoms with Gasteiger partial charge in [-0.2, -0.15) is 0 Å². The number of aryl methyl sites for hydroxylation is 1. The minimum atomic E-state index is -0.151. The Labute approximate surface area is 148 Å². The molecule has 1 aliphatic heterocycles. The second kappa shape index (κ2) is 8.35. The molecule has 0 bridgehead atoms. The molecule has 1 aromatic rings. The van der Waals surface area contributed by atoms with E-state index in [4.69, 9.17) is 11.6 Å². The van der Waals surface area contributed by atoms with E-state index in [9.17, 15) is 9.59 Å². The number of amides is 2. The molecule has 1 fully saturated rings. The molecule has 0 radical (unpaired) electrons. The van der Waals surface area contributed by atoms with Gasteiger partial charge in [-0.3, -0.25) is 9.59 Å². The van der Waals surface area contributed by atoms with Crippen LogP contribution in [0.5, 0.6) is 0 Å². The number of piperazine rings is 1. The van der Waals surface area contributed by atoms with Gasteiger partial charge in [0, 0.05) is 24.8 Å². The maximum atomic E-state index is 12.2. The van der Waals surface area contributed by atoms with Crippen LogP contribution in [-0.2, 0) is 9.59 Å². The number of benzene rings is 1. The quantitative estimate of drug-likeness (QED) is 0.754. The molecule has 1 heterocycles. The SMILES string of the molecule is CNC(=O)CN(C)C(=O)C[NH+]1CCN(c2cc(Cl)ccc2C)CC1. The molecule has 132 valence electrons. The minimum Gasteiger partial charge on any atom is -0.360 e. The third-order valence-electron chi connectivity index (χ3n) is 4.47. The lowest BCUT2D eigenvalue weighted by Gasteiger charge is -2.34. The summed E-state index contributed by atoms with van der Waals surface area (Å²) in [6, 6.07) is 5.95. The molecule has 6 nitrogen and oxygen atoms in total. The first kappa shape index (κ1) is 18.5. The topological polar surface area (TPSA) is 57.1 Å². The molecule has 2 N–H and O–H groups in total. The average molecular weight is 354 g/mol. The van der Waals surface area contributed by atoms with Crippen molar-refractivity contribution in [3.63, 3.8) is 0 Å². The molecule has 2 amide bonds. The number of rotatable bonds is 5. The van der Waals surface area contributed by atoms with E-state index in [2.05, 4.69) is 17.1 Å². The first-order valence-corrected chi connectivity index (χ1v) is 8.57. The zero-order valence-corrected chi connectivity index (χ0v) is 15.3. The van der Waals surface area contributed by atoms with Crippen LogP contribution < -0.4 is 15.1 Å². The molecule has 0 aliphatic carbocycles. The Morgan fingerprint density at radius 2 is 2.00 bits per heavy atom. The predicted molar refractivity (Wildman–Crippen MR) is 95.7 cm³/mol. The van der Waals surface area contributed by atoms with Crippen molar-refractivity contribution in [2.24, 2.45) is 0 Å². The van der Waals surface area contributed by atoms with Crippen LogP contribution in [0.4, 0.5) is 5.69 Å². The summed E-state index contributed by atoms with van der Waals surface area (Å²) in [5.41, 5.74) is 2.38. The van der Waals surface area contributed by atoms with Crippen LogP contribution in [0.2, 0.25) is 5.02 Å². The normalized spacial score (nSPS) is 15.2. The highest BCUT2D eigenvalue weighted by Crippen LogP contribution is 2.24. The number of anilines is 1. The summed E-state index contributed by atoms with van der Waals surface area (Å²) in [5.74, 6) is -0.150. The average Bonchev–Trinajstić information content (AvgIpc) is 2.57. The molecule has 0 spiro atoms. The van der Waals surface area contributed by atoms with Crippen molar-refractivity contribution in [3.8, 4) is 0 Å². The lowest BCUT2D eigenvalue weighted by atomic mass is 10.1. The molecule has 0 saturated carbocycles. The predicted octanol–water partition coefficient (Wildman–Crippen LogP) is -0.442. The second-order valence-corrected chi connectivity index (χ2v) is 6.70. The Morgan fingerprint density at radius 3 is 2.62 bits per heavy atom. The Bertz CT molecular complexity index is 600. The molecular formula is C17H26ClN4O2+. The van der Waals surface area contributed by atoms with Crippen LogP contribution in [-0.4, -0.2) is 70.1 Å². The molecule has 1 saturated heterocycles. The van der Waals surface area contributed by atoms with E-state index in [0.29, 0.717) is 6.54 Å². The van der Waals surface area contributed by atoms with Gasteiger partial charge in [-0.05, 0) is 24.6 Å². The minimum absolute atomic E-state index is 0.000913. The Balaban J connectivity index is 1.85. The third kappa shape index (κ3) is 4.85. The molecule has 7 heteroatoms. The zero-order chi connectivity index (χ0) is 17.7. The van der Waals surface area contributed by atoms with E-state index < -0.39 is 0 Å². The first-order chi connectivity index (χ1) is 11.4. The fraction of sp³-hybridized carbons (Fsp3) is 0.529. The van der Waals surface area contributed by atoms with E-state index in [1.165, 1.54) is 21.1 Å². The molecule has 0 atom stereocenters. The van der Waals surface area contributed by atoms with Gasteiger partial charge in [0.25, 0.3) is 5.91 Å². The fourth-order valence-electron chi connectivity index (χ4n) is 2.90. The molecule has 2 rings (SSSR count). The number of hydrogen-bond donors (Lipinski definition) is 2. The zero-order valence-electron chi connectivity index (χ0n) is 14.6. The highest BCUT2D eigenvalue weighted by Gasteiger charge is 2.25. The Morgan fingerprint density at radius 1 is 1.33 bits per heavy atom. The summed E-state index contributed by atoms with van der Waals surface area (Å²) in [6.07, 6.45) is 0. The summed E-state index contributed by atoms with van der Waals surface area (Å²) >= 11 is 6.11. The van der Waals surface area contributed by atoms with Gasteiger partial charge in [0.15, 0.2) is 6.54 Å². The van der Waals surface area contributed by atoms with Crippen LogP contribution in [0.15, 0.2) is 18.2 Å². The number of nitrogens with zero attached hydrogens (tertiary/aromatic N) is 2. The van der Waals surface area contributed by atoms with Gasteiger partial charge in [0.1, 0.15) is 0 Å². The molecular weight excluding hydrogens is 328 g/mol. The summed E-state index contributed by atoms with van der Waals surface area (Å²) in [4.78, 5) is 28.6. The molecule has 0 aromatic heterocycles. The molecule has 1 aliphatic rings. The van der Waals surface area contributed by atoms with Crippen molar-refractivity contribution in [1.29, 1.82) is 0 Å². The summed E-state index contributed by atoms with van der Waals surface area (Å²) in [7, 11) is 3.24. The van der Waals surface area contributed by atoms with Gasteiger partial charge in [-0.25, -0.2) is 0 Å². The maximum Gasteiger partial charge on any atom is 0.277 e. The third-order valence-corrected chi connectivity index (χ3v) is 4.70. The van der Waals surface area contributed by atoms with Gasteiger partial charge >= 0.3 is 0 Å². The molecule has 24 heavy (non-hydrogen) atoms. The van der Waals surface area contributed by atoms with Crippen molar-refractivity contribution in [3.05, 3.63) is 28.8 Å². The van der Waals surface area contributed by atoms with E-state index >= 15 is 0 Å². The Hall–Kier alpha value is -1.79. The van der Waals surface area contributed by atoms with Gasteiger partial charge < -0.3 is 20.0 Å². The number of likely N-dealkylation sites (N-methyl/N-ethyl adjacent to an activating group) is 2. The van der Waals surface area contributed by atoms with Gasteiger partial charge in [0.05, 0.1) is 32.7 Å². The molecule has 1 aromatic carbocycles. The van der Waals surface area contributed by atoms with E-state index in [1.807, 2.05) is 18.2 Å². The highest BCUT2D eigenvalue weighted by atomic mass is 35.5. The summed E-state index contributed by atoms with van der Waals surface area (Å²) in [6.45, 7) is 6.19. The second-order valence-electron chi connectivity index (χ2n) is 6.27. The van der Waals surface area contributed by atoms with Crippen LogP contribution in [0, 0.1) is 6.92 Å². The number of halogens is 1. The maximum absolute atomic E-state index is 12.2. The van der Waals surface area contributed by atoms with E-state index in [1.54, 1.807) is 14.1 Å². The van der Waals surface area contributed by atoms with Crippen molar-refractivity contribution >= 4 is 29.1 Å². The van der Waals surface area contributed by atoms with Gasteiger partial charge in [-0.1, -0.05) is 17.7 Å². The number of carbonyl (C=O) groups excluding carboxylic acids is 2. The first-order valence-electron chi connectivity index (χ1n) is 8.20. The Kier molecular flexibility index (Phi) is 6.45. The van der Waals surface area contributed by atoms with Crippen LogP contribution in [0.25, 0.3) is 0 Å². The fourth-order valence-corrected chi connectivity index (χ4v) is 3.06. The summed E-state index contributed by atoms with van der Waals surface area (Å²) < 4.78 is 0. The highest BCUT2D eigenvalue weighted by molar-refractivity contribution is 6.30. The number of hydrogen-bond acceptors (Lipinski definition) is 3. The standard InChI is InChI=1S/C17H25ClN4O2/c1-13-4-5-14(18)10-15(13)22-8-6-21(7-9-22)12-17(24)20(3)11-16(23)19-2/h4-5,10H,6-9,11-12H2,1-3H3,(H,19,23)/p+1. The van der Waals surface area contributed by atoms with Gasteiger partial charge in [-0.15, -0.1) is 0 Å². The van der Waals surface area contributed by atoms with Crippen molar-refractivity contribution in [2.45, 2.75) is 6.92 Å². The lowest BCUT2D eigenvalue weighted by molar-refractivity contribution is -0.892. The number of nitrogens with one attached hydrogen (secondary N) is 2. The smallest absolute Gasteiger partial charge is 0.277 e. The van der Waals surface area contributed by atoms with E-state index in [-0.39, 0.29) is 18.4 Å². The van der Waals surface area contributed by atoms with Crippen molar-refractivity contribution in [1.82, 2.24) is 10.2 Å². The van der Waals surface area contributed by atoms with E-state index in [0.717, 1.165) is 31.2 Å².